The van der Waals surface area contributed by atoms with Gasteiger partial charge in [0.2, 0.25) is 0 Å². The minimum Gasteiger partial charge on any atom is -0.496 e. The molecule has 3 aromatic rings. The van der Waals surface area contributed by atoms with Crippen LogP contribution in [0.5, 0.6) is 5.75 Å². The smallest absolute Gasteiger partial charge is 0.259 e. The summed E-state index contributed by atoms with van der Waals surface area (Å²) in [4.78, 5) is 19.3. The highest BCUT2D eigenvalue weighted by molar-refractivity contribution is 5.80. The number of ether oxygens (including phenoxy) is 1. The number of H-pyrrole nitrogens is 1. The van der Waals surface area contributed by atoms with Gasteiger partial charge in [0.05, 0.1) is 23.6 Å². The van der Waals surface area contributed by atoms with Crippen molar-refractivity contribution in [3.8, 4) is 17.1 Å². The number of aromatic amines is 1. The van der Waals surface area contributed by atoms with E-state index in [1.165, 1.54) is 0 Å². The zero-order chi connectivity index (χ0) is 13.2. The lowest BCUT2D eigenvalue weighted by Crippen LogP contribution is -2.09. The van der Waals surface area contributed by atoms with Crippen LogP contribution in [0.4, 0.5) is 0 Å². The van der Waals surface area contributed by atoms with Gasteiger partial charge in [-0.15, -0.1) is 0 Å². The first-order valence-electron chi connectivity index (χ1n) is 5.92. The summed E-state index contributed by atoms with van der Waals surface area (Å²) in [6.45, 7) is 0. The summed E-state index contributed by atoms with van der Waals surface area (Å²) in [6.07, 6.45) is 0. The van der Waals surface area contributed by atoms with Gasteiger partial charge in [0.25, 0.3) is 5.56 Å². The van der Waals surface area contributed by atoms with Gasteiger partial charge in [-0.2, -0.15) is 0 Å². The van der Waals surface area contributed by atoms with E-state index in [4.69, 9.17) is 4.74 Å². The molecule has 0 aliphatic carbocycles. The molecular formula is C15H12N2O2. The number of fused-ring (bicyclic) bond motifs is 1. The number of nitrogens with zero attached hydrogens (tertiary/aromatic N) is 1. The zero-order valence-electron chi connectivity index (χ0n) is 10.4. The quantitative estimate of drug-likeness (QED) is 0.762. The van der Waals surface area contributed by atoms with Gasteiger partial charge in [0.1, 0.15) is 11.6 Å². The molecular weight excluding hydrogens is 240 g/mol. The summed E-state index contributed by atoms with van der Waals surface area (Å²) in [5.74, 6) is 1.20. The number of nitrogens with one attached hydrogen (secondary N) is 1. The molecule has 3 rings (SSSR count). The Kier molecular flexibility index (Phi) is 2.76. The average Bonchev–Trinajstić information content (AvgIpc) is 2.47. The first kappa shape index (κ1) is 11.5. The van der Waals surface area contributed by atoms with E-state index in [0.717, 1.165) is 5.56 Å². The molecule has 1 aromatic heterocycles. The number of hydrogen-bond donors (Lipinski definition) is 1. The standard InChI is InChI=1S/C15H12N2O2/c1-19-13-9-5-3-7-11(13)14-16-12-8-4-2-6-10(12)15(18)17-14/h2-9H,1H3,(H,16,17,18). The van der Waals surface area contributed by atoms with E-state index in [1.54, 1.807) is 13.2 Å². The SMILES string of the molecule is COc1ccccc1-c1nc2ccccc2c(=O)[nH]1. The summed E-state index contributed by atoms with van der Waals surface area (Å²) in [7, 11) is 1.60. The maximum Gasteiger partial charge on any atom is 0.259 e. The molecule has 0 saturated carbocycles. The molecule has 1 heterocycles. The van der Waals surface area contributed by atoms with Gasteiger partial charge >= 0.3 is 0 Å². The topological polar surface area (TPSA) is 55.0 Å². The van der Waals surface area contributed by atoms with Crippen LogP contribution in [0.3, 0.4) is 0 Å². The lowest BCUT2D eigenvalue weighted by atomic mass is 10.1. The van der Waals surface area contributed by atoms with Crippen LogP contribution >= 0.6 is 0 Å². The highest BCUT2D eigenvalue weighted by Crippen LogP contribution is 2.26. The Bertz CT molecular complexity index is 793. The van der Waals surface area contributed by atoms with Gasteiger partial charge in [-0.3, -0.25) is 4.79 Å². The third-order valence-corrected chi connectivity index (χ3v) is 2.97. The molecule has 0 saturated heterocycles. The van der Waals surface area contributed by atoms with Crippen LogP contribution in [0.1, 0.15) is 0 Å². The van der Waals surface area contributed by atoms with Crippen LogP contribution in [0.2, 0.25) is 0 Å². The van der Waals surface area contributed by atoms with Gasteiger partial charge in [-0.25, -0.2) is 4.98 Å². The van der Waals surface area contributed by atoms with E-state index < -0.39 is 0 Å². The molecule has 4 heteroatoms. The molecule has 0 radical (unpaired) electrons. The highest BCUT2D eigenvalue weighted by atomic mass is 16.5. The normalized spacial score (nSPS) is 10.6. The fourth-order valence-corrected chi connectivity index (χ4v) is 2.05. The van der Waals surface area contributed by atoms with E-state index in [2.05, 4.69) is 9.97 Å². The Hall–Kier alpha value is -2.62. The number of benzene rings is 2. The number of methoxy groups -OCH3 is 1. The Morgan fingerprint density at radius 3 is 2.63 bits per heavy atom. The van der Waals surface area contributed by atoms with Gasteiger partial charge in [0.15, 0.2) is 0 Å². The number of aromatic nitrogens is 2. The Morgan fingerprint density at radius 2 is 1.79 bits per heavy atom. The molecule has 0 atom stereocenters. The van der Waals surface area contributed by atoms with Crippen LogP contribution in [0, 0.1) is 0 Å². The van der Waals surface area contributed by atoms with Crippen molar-refractivity contribution in [3.63, 3.8) is 0 Å². The molecule has 0 aliphatic heterocycles. The monoisotopic (exact) mass is 252 g/mol. The van der Waals surface area contributed by atoms with Crippen molar-refractivity contribution >= 4 is 10.9 Å². The van der Waals surface area contributed by atoms with Crippen LogP contribution in [-0.4, -0.2) is 17.1 Å². The second-order valence-electron chi connectivity index (χ2n) is 4.13. The predicted octanol–water partition coefficient (Wildman–Crippen LogP) is 2.60. The van der Waals surface area contributed by atoms with Crippen LogP contribution in [0.25, 0.3) is 22.3 Å². The first-order valence-corrected chi connectivity index (χ1v) is 5.92. The lowest BCUT2D eigenvalue weighted by Gasteiger charge is -2.07. The van der Waals surface area contributed by atoms with Crippen LogP contribution < -0.4 is 10.3 Å². The van der Waals surface area contributed by atoms with Gasteiger partial charge in [-0.05, 0) is 24.3 Å². The Morgan fingerprint density at radius 1 is 1.05 bits per heavy atom. The van der Waals surface area contributed by atoms with Crippen molar-refractivity contribution in [2.45, 2.75) is 0 Å². The maximum atomic E-state index is 12.0. The Balaban J connectivity index is 2.29. The molecule has 0 unspecified atom stereocenters. The van der Waals surface area contributed by atoms with Gasteiger partial charge in [-0.1, -0.05) is 24.3 Å². The molecule has 19 heavy (non-hydrogen) atoms. The van der Waals surface area contributed by atoms with Crippen molar-refractivity contribution in [1.29, 1.82) is 0 Å². The average molecular weight is 252 g/mol. The zero-order valence-corrected chi connectivity index (χ0v) is 10.4. The van der Waals surface area contributed by atoms with Gasteiger partial charge < -0.3 is 9.72 Å². The van der Waals surface area contributed by atoms with E-state index in [0.29, 0.717) is 22.5 Å². The molecule has 2 aromatic carbocycles. The molecule has 0 amide bonds. The van der Waals surface area contributed by atoms with E-state index >= 15 is 0 Å². The Labute approximate surface area is 109 Å². The molecule has 1 N–H and O–H groups in total. The fraction of sp³-hybridized carbons (Fsp3) is 0.0667. The maximum absolute atomic E-state index is 12.0. The van der Waals surface area contributed by atoms with E-state index in [1.807, 2.05) is 42.5 Å². The second kappa shape index (κ2) is 4.57. The predicted molar refractivity (Wildman–Crippen MR) is 74.4 cm³/mol. The molecule has 0 spiro atoms. The number of para-hydroxylation sites is 2. The first-order chi connectivity index (χ1) is 9.29. The van der Waals surface area contributed by atoms with Crippen LogP contribution in [-0.2, 0) is 0 Å². The fourth-order valence-electron chi connectivity index (χ4n) is 2.05. The van der Waals surface area contributed by atoms with Gasteiger partial charge in [0, 0.05) is 0 Å². The summed E-state index contributed by atoms with van der Waals surface area (Å²) in [5, 5.41) is 0.584. The molecule has 0 aliphatic rings. The lowest BCUT2D eigenvalue weighted by molar-refractivity contribution is 0.416. The van der Waals surface area contributed by atoms with Crippen molar-refractivity contribution < 1.29 is 4.74 Å². The summed E-state index contributed by atoms with van der Waals surface area (Å²) >= 11 is 0. The molecule has 94 valence electrons. The van der Waals surface area contributed by atoms with E-state index in [9.17, 15) is 4.79 Å². The second-order valence-corrected chi connectivity index (χ2v) is 4.13. The number of hydrogen-bond acceptors (Lipinski definition) is 3. The summed E-state index contributed by atoms with van der Waals surface area (Å²) in [5.41, 5.74) is 1.30. The van der Waals surface area contributed by atoms with Crippen molar-refractivity contribution in [2.24, 2.45) is 0 Å². The van der Waals surface area contributed by atoms with E-state index in [-0.39, 0.29) is 5.56 Å². The van der Waals surface area contributed by atoms with Crippen LogP contribution in [0.15, 0.2) is 53.3 Å². The summed E-state index contributed by atoms with van der Waals surface area (Å²) in [6, 6.07) is 14.7. The third kappa shape index (κ3) is 1.97. The molecule has 0 fully saturated rings. The third-order valence-electron chi connectivity index (χ3n) is 2.97. The number of rotatable bonds is 2. The summed E-state index contributed by atoms with van der Waals surface area (Å²) < 4.78 is 5.29. The minimum absolute atomic E-state index is 0.147. The highest BCUT2D eigenvalue weighted by Gasteiger charge is 2.09. The minimum atomic E-state index is -0.147. The molecule has 0 bridgehead atoms. The van der Waals surface area contributed by atoms with Crippen molar-refractivity contribution in [2.75, 3.05) is 7.11 Å². The van der Waals surface area contributed by atoms with Crippen molar-refractivity contribution in [1.82, 2.24) is 9.97 Å². The van der Waals surface area contributed by atoms with Crippen molar-refractivity contribution in [3.05, 3.63) is 58.9 Å². The molecule has 4 nitrogen and oxygen atoms in total. The largest absolute Gasteiger partial charge is 0.496 e.